The minimum atomic E-state index is 0.504. The first-order valence-corrected chi connectivity index (χ1v) is 6.00. The van der Waals surface area contributed by atoms with Gasteiger partial charge in [-0.05, 0) is 24.8 Å². The van der Waals surface area contributed by atoms with Crippen molar-refractivity contribution in [3.8, 4) is 0 Å². The summed E-state index contributed by atoms with van der Waals surface area (Å²) in [5, 5.41) is 3.20. The molecular weight excluding hydrogens is 206 g/mol. The van der Waals surface area contributed by atoms with E-state index in [1.165, 1.54) is 12.8 Å². The maximum Gasteiger partial charge on any atom is 0.0658 e. The lowest BCUT2D eigenvalue weighted by atomic mass is 9.98. The third kappa shape index (κ3) is 2.23. The predicted octanol–water partition coefficient (Wildman–Crippen LogP) is 2.47. The molecule has 1 unspecified atom stereocenters. The molecule has 0 spiro atoms. The molecular formula is C13H16ClN. The molecule has 1 aliphatic rings. The van der Waals surface area contributed by atoms with Gasteiger partial charge in [0.2, 0.25) is 0 Å². The van der Waals surface area contributed by atoms with Gasteiger partial charge in [0.05, 0.1) is 5.36 Å². The molecule has 1 aromatic carbocycles. The summed E-state index contributed by atoms with van der Waals surface area (Å²) in [5.41, 5.74) is 0. The Hall–Kier alpha value is -0.820. The Morgan fingerprint density at radius 3 is 3.00 bits per heavy atom. The molecule has 1 aromatic rings. The van der Waals surface area contributed by atoms with Crippen LogP contribution in [0.4, 0.5) is 0 Å². The minimum Gasteiger partial charge on any atom is -0.285 e. The molecule has 15 heavy (non-hydrogen) atoms. The van der Waals surface area contributed by atoms with Gasteiger partial charge in [0, 0.05) is 16.8 Å². The van der Waals surface area contributed by atoms with Crippen molar-refractivity contribution in [3.63, 3.8) is 0 Å². The van der Waals surface area contributed by atoms with E-state index in [1.54, 1.807) is 0 Å². The molecule has 1 heterocycles. The van der Waals surface area contributed by atoms with Crippen LogP contribution in [0.15, 0.2) is 29.3 Å². The fourth-order valence-corrected chi connectivity index (χ4v) is 2.50. The molecule has 0 aliphatic carbocycles. The van der Waals surface area contributed by atoms with Gasteiger partial charge in [-0.1, -0.05) is 43.1 Å². The maximum atomic E-state index is 6.45. The normalized spacial score (nSPS) is 20.4. The molecule has 0 aromatic heterocycles. The van der Waals surface area contributed by atoms with Crippen molar-refractivity contribution in [1.29, 1.82) is 0 Å². The number of hydrogen-bond donors (Lipinski definition) is 0. The van der Waals surface area contributed by atoms with E-state index in [4.69, 9.17) is 11.6 Å². The molecule has 0 amide bonds. The molecule has 1 aliphatic heterocycles. The standard InChI is InChI=1S/C13H16ClN/c1-2-5-10-8-9-15-12-7-4-3-6-11(12)13(10)14/h3-4,6-7,10H,2,5,8-9H2,1H3. The Kier molecular flexibility index (Phi) is 3.42. The lowest BCUT2D eigenvalue weighted by molar-refractivity contribution is 0.567. The molecule has 2 heteroatoms. The summed E-state index contributed by atoms with van der Waals surface area (Å²) in [6.07, 6.45) is 3.44. The molecule has 0 fully saturated rings. The second-order valence-corrected chi connectivity index (χ2v) is 4.43. The van der Waals surface area contributed by atoms with E-state index < -0.39 is 0 Å². The number of para-hydroxylation sites is 1. The SMILES string of the molecule is CCCC1CCN=c2ccccc2=C1Cl. The summed E-state index contributed by atoms with van der Waals surface area (Å²) in [6, 6.07) is 8.18. The summed E-state index contributed by atoms with van der Waals surface area (Å²) in [5.74, 6) is 0.504. The van der Waals surface area contributed by atoms with E-state index >= 15 is 0 Å². The van der Waals surface area contributed by atoms with Crippen LogP contribution in [-0.2, 0) is 0 Å². The third-order valence-electron chi connectivity index (χ3n) is 2.92. The summed E-state index contributed by atoms with van der Waals surface area (Å²) >= 11 is 6.45. The van der Waals surface area contributed by atoms with Crippen LogP contribution in [0.5, 0.6) is 0 Å². The van der Waals surface area contributed by atoms with Crippen LogP contribution in [0.2, 0.25) is 0 Å². The number of halogens is 1. The van der Waals surface area contributed by atoms with Crippen molar-refractivity contribution in [1.82, 2.24) is 0 Å². The summed E-state index contributed by atoms with van der Waals surface area (Å²) < 4.78 is 0. The molecule has 0 bridgehead atoms. The zero-order valence-electron chi connectivity index (χ0n) is 9.04. The average Bonchev–Trinajstić information content (AvgIpc) is 2.41. The maximum absolute atomic E-state index is 6.45. The average molecular weight is 222 g/mol. The molecule has 2 rings (SSSR count). The lowest BCUT2D eigenvalue weighted by Gasteiger charge is -2.12. The van der Waals surface area contributed by atoms with Gasteiger partial charge in [-0.15, -0.1) is 0 Å². The largest absolute Gasteiger partial charge is 0.285 e. The topological polar surface area (TPSA) is 12.4 Å². The zero-order valence-corrected chi connectivity index (χ0v) is 9.80. The lowest BCUT2D eigenvalue weighted by Crippen LogP contribution is -2.26. The van der Waals surface area contributed by atoms with E-state index in [9.17, 15) is 0 Å². The first kappa shape index (κ1) is 10.7. The minimum absolute atomic E-state index is 0.504. The Bertz CT molecular complexity index is 450. The van der Waals surface area contributed by atoms with Gasteiger partial charge in [0.25, 0.3) is 0 Å². The fourth-order valence-electron chi connectivity index (χ4n) is 2.12. The van der Waals surface area contributed by atoms with E-state index in [0.29, 0.717) is 5.92 Å². The van der Waals surface area contributed by atoms with E-state index in [0.717, 1.165) is 28.6 Å². The van der Waals surface area contributed by atoms with Crippen LogP contribution >= 0.6 is 11.6 Å². The van der Waals surface area contributed by atoms with Crippen LogP contribution in [0.3, 0.4) is 0 Å². The van der Waals surface area contributed by atoms with Gasteiger partial charge in [-0.3, -0.25) is 4.99 Å². The predicted molar refractivity (Wildman–Crippen MR) is 64.4 cm³/mol. The van der Waals surface area contributed by atoms with Crippen molar-refractivity contribution in [2.75, 3.05) is 6.54 Å². The van der Waals surface area contributed by atoms with Gasteiger partial charge in [-0.2, -0.15) is 0 Å². The summed E-state index contributed by atoms with van der Waals surface area (Å²) in [7, 11) is 0. The second kappa shape index (κ2) is 4.80. The number of hydrogen-bond acceptors (Lipinski definition) is 1. The first-order chi connectivity index (χ1) is 7.33. The van der Waals surface area contributed by atoms with E-state index in [2.05, 4.69) is 18.0 Å². The number of nitrogens with zero attached hydrogens (tertiary/aromatic N) is 1. The van der Waals surface area contributed by atoms with Gasteiger partial charge in [-0.25, -0.2) is 0 Å². The van der Waals surface area contributed by atoms with Crippen LogP contribution < -0.4 is 10.6 Å². The molecule has 1 atom stereocenters. The van der Waals surface area contributed by atoms with Gasteiger partial charge >= 0.3 is 0 Å². The molecule has 1 nitrogen and oxygen atoms in total. The quantitative estimate of drug-likeness (QED) is 0.728. The fraction of sp³-hybridized carbons (Fsp3) is 0.462. The Balaban J connectivity index is 2.55. The highest BCUT2D eigenvalue weighted by atomic mass is 35.5. The highest BCUT2D eigenvalue weighted by Crippen LogP contribution is 2.24. The van der Waals surface area contributed by atoms with E-state index in [-0.39, 0.29) is 0 Å². The Labute approximate surface area is 95.5 Å². The number of rotatable bonds is 2. The molecule has 0 N–H and O–H groups in total. The van der Waals surface area contributed by atoms with Crippen LogP contribution in [-0.4, -0.2) is 6.54 Å². The molecule has 0 saturated carbocycles. The van der Waals surface area contributed by atoms with Crippen molar-refractivity contribution in [2.45, 2.75) is 26.2 Å². The zero-order chi connectivity index (χ0) is 10.7. The molecule has 0 radical (unpaired) electrons. The Morgan fingerprint density at radius 2 is 2.20 bits per heavy atom. The van der Waals surface area contributed by atoms with Gasteiger partial charge in [0.15, 0.2) is 0 Å². The second-order valence-electron chi connectivity index (χ2n) is 4.02. The Morgan fingerprint density at radius 1 is 1.40 bits per heavy atom. The van der Waals surface area contributed by atoms with Crippen molar-refractivity contribution < 1.29 is 0 Å². The smallest absolute Gasteiger partial charge is 0.0658 e. The van der Waals surface area contributed by atoms with E-state index in [1.807, 2.05) is 18.2 Å². The number of benzene rings is 1. The third-order valence-corrected chi connectivity index (χ3v) is 3.43. The van der Waals surface area contributed by atoms with Crippen LogP contribution in [0.25, 0.3) is 5.03 Å². The summed E-state index contributed by atoms with van der Waals surface area (Å²) in [6.45, 7) is 3.11. The molecule has 0 saturated heterocycles. The molecule has 80 valence electrons. The van der Waals surface area contributed by atoms with Gasteiger partial charge in [0.1, 0.15) is 0 Å². The summed E-state index contributed by atoms with van der Waals surface area (Å²) in [4.78, 5) is 4.56. The monoisotopic (exact) mass is 221 g/mol. The van der Waals surface area contributed by atoms with Crippen LogP contribution in [0.1, 0.15) is 26.2 Å². The highest BCUT2D eigenvalue weighted by Gasteiger charge is 2.14. The van der Waals surface area contributed by atoms with Crippen molar-refractivity contribution in [2.24, 2.45) is 10.9 Å². The highest BCUT2D eigenvalue weighted by molar-refractivity contribution is 6.45. The first-order valence-electron chi connectivity index (χ1n) is 5.62. The van der Waals surface area contributed by atoms with Crippen LogP contribution in [0, 0.1) is 5.92 Å². The van der Waals surface area contributed by atoms with Crippen molar-refractivity contribution in [3.05, 3.63) is 34.8 Å². The number of fused-ring (bicyclic) bond motifs is 1. The van der Waals surface area contributed by atoms with Crippen molar-refractivity contribution >= 4 is 16.6 Å². The van der Waals surface area contributed by atoms with Gasteiger partial charge < -0.3 is 0 Å².